The number of amides is 1. The van der Waals surface area contributed by atoms with E-state index in [-0.39, 0.29) is 16.7 Å². The number of pyridine rings is 1. The van der Waals surface area contributed by atoms with E-state index in [0.29, 0.717) is 6.54 Å². The summed E-state index contributed by atoms with van der Waals surface area (Å²) in [4.78, 5) is 15.4. The van der Waals surface area contributed by atoms with Crippen LogP contribution in [0.3, 0.4) is 0 Å². The molecular formula is C12H13N3O3S2. The lowest BCUT2D eigenvalue weighted by Crippen LogP contribution is -2.36. The van der Waals surface area contributed by atoms with Gasteiger partial charge in [-0.1, -0.05) is 6.07 Å². The first-order valence-electron chi connectivity index (χ1n) is 5.77. The van der Waals surface area contributed by atoms with Crippen LogP contribution in [-0.2, 0) is 21.4 Å². The van der Waals surface area contributed by atoms with Gasteiger partial charge in [-0.15, -0.1) is 11.3 Å². The largest absolute Gasteiger partial charge is 0.351 e. The van der Waals surface area contributed by atoms with Gasteiger partial charge in [-0.05, 0) is 29.1 Å². The van der Waals surface area contributed by atoms with Crippen LogP contribution in [0.5, 0.6) is 0 Å². The Labute approximate surface area is 120 Å². The number of hydrogen-bond donors (Lipinski definition) is 2. The van der Waals surface area contributed by atoms with Crippen LogP contribution in [0.15, 0.2) is 46.2 Å². The highest BCUT2D eigenvalue weighted by Crippen LogP contribution is 2.14. The molecule has 1 amide bonds. The second-order valence-electron chi connectivity index (χ2n) is 3.89. The van der Waals surface area contributed by atoms with E-state index in [1.54, 1.807) is 36.0 Å². The number of rotatable bonds is 6. The molecule has 20 heavy (non-hydrogen) atoms. The number of carbonyl (C=O) groups is 1. The van der Waals surface area contributed by atoms with Crippen molar-refractivity contribution in [2.45, 2.75) is 10.8 Å². The Morgan fingerprint density at radius 3 is 2.65 bits per heavy atom. The van der Waals surface area contributed by atoms with Gasteiger partial charge in [0.15, 0.2) is 0 Å². The molecule has 0 saturated carbocycles. The maximum absolute atomic E-state index is 11.8. The molecule has 0 fully saturated rings. The van der Waals surface area contributed by atoms with Crippen LogP contribution in [0.1, 0.15) is 5.56 Å². The molecule has 6 nitrogen and oxygen atoms in total. The molecule has 0 unspecified atom stereocenters. The number of aromatic nitrogens is 1. The molecule has 2 aromatic rings. The summed E-state index contributed by atoms with van der Waals surface area (Å²) < 4.78 is 26.0. The molecule has 0 aliphatic carbocycles. The van der Waals surface area contributed by atoms with E-state index < -0.39 is 10.0 Å². The molecule has 0 radical (unpaired) electrons. The van der Waals surface area contributed by atoms with Gasteiger partial charge >= 0.3 is 0 Å². The zero-order chi connectivity index (χ0) is 14.4. The summed E-state index contributed by atoms with van der Waals surface area (Å²) in [7, 11) is -3.60. The minimum atomic E-state index is -3.60. The fourth-order valence-corrected chi connectivity index (χ4v) is 3.43. The monoisotopic (exact) mass is 311 g/mol. The summed E-state index contributed by atoms with van der Waals surface area (Å²) in [5, 5.41) is 4.29. The van der Waals surface area contributed by atoms with Crippen LogP contribution in [0.2, 0.25) is 0 Å². The van der Waals surface area contributed by atoms with Crippen molar-refractivity contribution in [3.63, 3.8) is 0 Å². The second-order valence-corrected chi connectivity index (χ2v) is 6.83. The Kier molecular flexibility index (Phi) is 4.83. The number of thiophene rings is 1. The van der Waals surface area contributed by atoms with Crippen molar-refractivity contribution in [2.75, 3.05) is 6.54 Å². The Morgan fingerprint density at radius 2 is 2.00 bits per heavy atom. The van der Waals surface area contributed by atoms with E-state index in [2.05, 4.69) is 15.0 Å². The van der Waals surface area contributed by atoms with Crippen LogP contribution in [0.25, 0.3) is 0 Å². The average Bonchev–Trinajstić information content (AvgIpc) is 2.99. The van der Waals surface area contributed by atoms with Gasteiger partial charge in [0.2, 0.25) is 5.91 Å². The Hall–Kier alpha value is -1.77. The molecule has 0 aliphatic rings. The first kappa shape index (κ1) is 14.6. The number of nitrogens with one attached hydrogen (secondary N) is 2. The summed E-state index contributed by atoms with van der Waals surface area (Å²) in [6, 6.07) is 6.68. The van der Waals surface area contributed by atoms with Crippen molar-refractivity contribution >= 4 is 27.3 Å². The van der Waals surface area contributed by atoms with Crippen LogP contribution in [0.4, 0.5) is 0 Å². The lowest BCUT2D eigenvalue weighted by atomic mass is 10.3. The topological polar surface area (TPSA) is 88.2 Å². The zero-order valence-electron chi connectivity index (χ0n) is 10.4. The zero-order valence-corrected chi connectivity index (χ0v) is 12.1. The second kappa shape index (κ2) is 6.60. The van der Waals surface area contributed by atoms with Crippen molar-refractivity contribution in [2.24, 2.45) is 0 Å². The first-order chi connectivity index (χ1) is 9.58. The average molecular weight is 311 g/mol. The molecule has 0 spiro atoms. The number of carbonyl (C=O) groups excluding carboxylic acids is 1. The van der Waals surface area contributed by atoms with Crippen molar-refractivity contribution < 1.29 is 13.2 Å². The van der Waals surface area contributed by atoms with Gasteiger partial charge in [-0.2, -0.15) is 0 Å². The third-order valence-electron chi connectivity index (χ3n) is 2.42. The van der Waals surface area contributed by atoms with E-state index in [1.165, 1.54) is 6.07 Å². The number of hydrogen-bond acceptors (Lipinski definition) is 5. The Bertz CT molecular complexity index is 655. The first-order valence-corrected chi connectivity index (χ1v) is 8.13. The van der Waals surface area contributed by atoms with E-state index in [9.17, 15) is 13.2 Å². The van der Waals surface area contributed by atoms with Crippen molar-refractivity contribution in [1.29, 1.82) is 0 Å². The summed E-state index contributed by atoms with van der Waals surface area (Å²) in [6.07, 6.45) is 3.25. The summed E-state index contributed by atoms with van der Waals surface area (Å²) in [5.41, 5.74) is 0.898. The number of sulfonamides is 1. The molecule has 0 aliphatic heterocycles. The number of nitrogens with zero attached hydrogens (tertiary/aromatic N) is 1. The van der Waals surface area contributed by atoms with Crippen molar-refractivity contribution in [1.82, 2.24) is 15.0 Å². The van der Waals surface area contributed by atoms with E-state index in [4.69, 9.17) is 0 Å². The maximum atomic E-state index is 11.8. The van der Waals surface area contributed by atoms with Crippen molar-refractivity contribution in [3.8, 4) is 0 Å². The maximum Gasteiger partial charge on any atom is 0.250 e. The third-order valence-corrected chi connectivity index (χ3v) is 5.22. The van der Waals surface area contributed by atoms with Gasteiger partial charge in [0.05, 0.1) is 6.54 Å². The predicted molar refractivity (Wildman–Crippen MR) is 75.6 cm³/mol. The molecule has 2 N–H and O–H groups in total. The van der Waals surface area contributed by atoms with Gasteiger partial charge in [0.25, 0.3) is 10.0 Å². The highest BCUT2D eigenvalue weighted by molar-refractivity contribution is 7.91. The molecular weight excluding hydrogens is 298 g/mol. The SMILES string of the molecule is O=C(CNS(=O)(=O)c1cccs1)NCc1ccncc1. The molecule has 2 aromatic heterocycles. The molecule has 0 bridgehead atoms. The molecule has 0 saturated heterocycles. The van der Waals surface area contributed by atoms with Crippen LogP contribution >= 0.6 is 11.3 Å². The lowest BCUT2D eigenvalue weighted by molar-refractivity contribution is -0.120. The van der Waals surface area contributed by atoms with Gasteiger partial charge in [-0.3, -0.25) is 9.78 Å². The fourth-order valence-electron chi connectivity index (χ4n) is 1.41. The molecule has 0 atom stereocenters. The van der Waals surface area contributed by atoms with Gasteiger partial charge < -0.3 is 5.32 Å². The van der Waals surface area contributed by atoms with E-state index in [1.807, 2.05) is 0 Å². The summed E-state index contributed by atoms with van der Waals surface area (Å²) >= 11 is 1.10. The summed E-state index contributed by atoms with van der Waals surface area (Å²) in [5.74, 6) is -0.387. The van der Waals surface area contributed by atoms with E-state index in [0.717, 1.165) is 16.9 Å². The minimum absolute atomic E-state index is 0.194. The van der Waals surface area contributed by atoms with Crippen molar-refractivity contribution in [3.05, 3.63) is 47.6 Å². The lowest BCUT2D eigenvalue weighted by Gasteiger charge is -2.06. The highest BCUT2D eigenvalue weighted by Gasteiger charge is 2.15. The molecule has 0 aromatic carbocycles. The molecule has 8 heteroatoms. The quantitative estimate of drug-likeness (QED) is 0.823. The Morgan fingerprint density at radius 1 is 1.25 bits per heavy atom. The smallest absolute Gasteiger partial charge is 0.250 e. The van der Waals surface area contributed by atoms with E-state index >= 15 is 0 Å². The highest BCUT2D eigenvalue weighted by atomic mass is 32.2. The predicted octanol–water partition coefficient (Wildman–Crippen LogP) is 0.738. The third kappa shape index (κ3) is 4.12. The molecule has 106 valence electrons. The normalized spacial score (nSPS) is 11.2. The molecule has 2 heterocycles. The van der Waals surface area contributed by atoms with Gasteiger partial charge in [-0.25, -0.2) is 13.1 Å². The standard InChI is InChI=1S/C12H13N3O3S2/c16-11(14-8-10-3-5-13-6-4-10)9-15-20(17,18)12-2-1-7-19-12/h1-7,15H,8-9H2,(H,14,16). The minimum Gasteiger partial charge on any atom is -0.351 e. The van der Waals surface area contributed by atoms with Crippen LogP contribution in [0, 0.1) is 0 Å². The van der Waals surface area contributed by atoms with Crippen LogP contribution < -0.4 is 10.0 Å². The van der Waals surface area contributed by atoms with Crippen LogP contribution in [-0.4, -0.2) is 25.9 Å². The van der Waals surface area contributed by atoms with Gasteiger partial charge in [0.1, 0.15) is 4.21 Å². The Balaban J connectivity index is 1.81. The van der Waals surface area contributed by atoms with Gasteiger partial charge in [0, 0.05) is 18.9 Å². The molecule has 2 rings (SSSR count). The fraction of sp³-hybridized carbons (Fsp3) is 0.167. The summed E-state index contributed by atoms with van der Waals surface area (Å²) in [6.45, 7) is 0.0490.